The lowest BCUT2D eigenvalue weighted by Gasteiger charge is -2.33. The minimum atomic E-state index is -0.126. The third-order valence-corrected chi connectivity index (χ3v) is 6.89. The Balaban J connectivity index is 1.45. The van der Waals surface area contributed by atoms with Crippen LogP contribution < -0.4 is 5.32 Å². The van der Waals surface area contributed by atoms with Crippen molar-refractivity contribution in [1.29, 1.82) is 0 Å². The zero-order valence-electron chi connectivity index (χ0n) is 17.0. The zero-order chi connectivity index (χ0) is 19.8. The molecule has 5 rings (SSSR count). The fourth-order valence-electron chi connectivity index (χ4n) is 5.31. The smallest absolute Gasteiger partial charge is 0.254 e. The molecule has 7 nitrogen and oxygen atoms in total. The predicted octanol–water partition coefficient (Wildman–Crippen LogP) is 2.79. The topological polar surface area (TPSA) is 74.5 Å². The molecule has 4 atom stereocenters. The maximum Gasteiger partial charge on any atom is 0.254 e. The Hall–Kier alpha value is -2.25. The number of hydrogen-bond donors (Lipinski definition) is 1. The van der Waals surface area contributed by atoms with Gasteiger partial charge >= 0.3 is 0 Å². The van der Waals surface area contributed by atoms with Gasteiger partial charge in [0.2, 0.25) is 5.89 Å². The van der Waals surface area contributed by atoms with Crippen LogP contribution in [-0.2, 0) is 0 Å². The number of nitrogens with zero attached hydrogens (tertiary/aromatic N) is 4. The van der Waals surface area contributed by atoms with E-state index in [2.05, 4.69) is 27.3 Å². The molecule has 0 spiro atoms. The maximum absolute atomic E-state index is 13.5. The van der Waals surface area contributed by atoms with Crippen LogP contribution in [0.2, 0.25) is 0 Å². The average molecular weight is 396 g/mol. The van der Waals surface area contributed by atoms with Gasteiger partial charge in [-0.15, -0.1) is 0 Å². The summed E-state index contributed by atoms with van der Waals surface area (Å²) in [5.41, 5.74) is 0.736. The fraction of sp³-hybridized carbons (Fsp3) is 0.591. The first-order valence-corrected chi connectivity index (χ1v) is 10.8. The molecule has 1 N–H and O–H groups in total. The zero-order valence-corrected chi connectivity index (χ0v) is 17.0. The van der Waals surface area contributed by atoms with E-state index in [0.29, 0.717) is 11.8 Å². The summed E-state index contributed by atoms with van der Waals surface area (Å²) in [6, 6.07) is 9.86. The third-order valence-electron chi connectivity index (χ3n) is 6.89. The Morgan fingerprint density at radius 2 is 2.00 bits per heavy atom. The number of rotatable bonds is 3. The van der Waals surface area contributed by atoms with Gasteiger partial charge in [0, 0.05) is 31.2 Å². The molecule has 0 radical (unpaired) electrons. The summed E-state index contributed by atoms with van der Waals surface area (Å²) >= 11 is 0. The van der Waals surface area contributed by atoms with E-state index in [4.69, 9.17) is 9.51 Å². The number of likely N-dealkylation sites (N-methyl/N-ethyl adjacent to an activating group) is 1. The molecule has 7 heteroatoms. The molecule has 1 amide bonds. The van der Waals surface area contributed by atoms with E-state index in [1.54, 1.807) is 0 Å². The van der Waals surface area contributed by atoms with Crippen LogP contribution in [0.1, 0.15) is 66.3 Å². The molecule has 154 valence electrons. The average Bonchev–Trinajstić information content (AvgIpc) is 3.39. The Labute approximate surface area is 171 Å². The van der Waals surface area contributed by atoms with Crippen LogP contribution in [0.25, 0.3) is 0 Å². The van der Waals surface area contributed by atoms with Crippen molar-refractivity contribution in [3.8, 4) is 0 Å². The van der Waals surface area contributed by atoms with Gasteiger partial charge in [0.15, 0.2) is 5.82 Å². The minimum absolute atomic E-state index is 0.0844. The van der Waals surface area contributed by atoms with Gasteiger partial charge in [-0.3, -0.25) is 9.69 Å². The summed E-state index contributed by atoms with van der Waals surface area (Å²) in [4.78, 5) is 22.6. The maximum atomic E-state index is 13.5. The number of hydrogen-bond acceptors (Lipinski definition) is 6. The molecular weight excluding hydrogens is 366 g/mol. The second-order valence-corrected chi connectivity index (χ2v) is 8.63. The van der Waals surface area contributed by atoms with Crippen LogP contribution in [0.5, 0.6) is 0 Å². The number of amides is 1. The SMILES string of the molecule is CN1CCNCC1c1noc(C2CC3CCCCC3N2C(=O)c2ccccc2)n1. The van der Waals surface area contributed by atoms with E-state index >= 15 is 0 Å². The highest BCUT2D eigenvalue weighted by Crippen LogP contribution is 2.46. The number of fused-ring (bicyclic) bond motifs is 1. The second-order valence-electron chi connectivity index (χ2n) is 8.63. The molecule has 0 bridgehead atoms. The Kier molecular flexibility index (Phi) is 5.09. The van der Waals surface area contributed by atoms with E-state index in [1.165, 1.54) is 19.3 Å². The molecule has 3 aliphatic rings. The summed E-state index contributed by atoms with van der Waals surface area (Å²) in [5, 5.41) is 7.72. The number of benzene rings is 1. The van der Waals surface area contributed by atoms with Gasteiger partial charge in [0.05, 0.1) is 6.04 Å². The van der Waals surface area contributed by atoms with Crippen molar-refractivity contribution < 1.29 is 9.32 Å². The van der Waals surface area contributed by atoms with Gasteiger partial charge in [-0.05, 0) is 44.4 Å². The number of carbonyl (C=O) groups excluding carboxylic acids is 1. The van der Waals surface area contributed by atoms with Crippen LogP contribution in [0.3, 0.4) is 0 Å². The second kappa shape index (κ2) is 7.88. The summed E-state index contributed by atoms with van der Waals surface area (Å²) in [6.45, 7) is 2.75. The summed E-state index contributed by atoms with van der Waals surface area (Å²) in [5.74, 6) is 1.92. The van der Waals surface area contributed by atoms with Gasteiger partial charge in [0.1, 0.15) is 6.04 Å². The van der Waals surface area contributed by atoms with E-state index in [-0.39, 0.29) is 24.0 Å². The van der Waals surface area contributed by atoms with Gasteiger partial charge in [-0.1, -0.05) is 36.2 Å². The number of aromatic nitrogens is 2. The van der Waals surface area contributed by atoms with Crippen molar-refractivity contribution in [1.82, 2.24) is 25.3 Å². The van der Waals surface area contributed by atoms with Crippen LogP contribution in [0.4, 0.5) is 0 Å². The molecule has 3 fully saturated rings. The lowest BCUT2D eigenvalue weighted by Crippen LogP contribution is -2.44. The molecule has 1 aromatic heterocycles. The number of piperazine rings is 1. The first-order valence-electron chi connectivity index (χ1n) is 10.8. The largest absolute Gasteiger partial charge is 0.337 e. The number of carbonyl (C=O) groups is 1. The number of nitrogens with one attached hydrogen (secondary N) is 1. The van der Waals surface area contributed by atoms with Crippen molar-refractivity contribution in [3.05, 3.63) is 47.6 Å². The molecule has 2 aromatic rings. The third kappa shape index (κ3) is 3.46. The van der Waals surface area contributed by atoms with Gasteiger partial charge in [-0.25, -0.2) is 0 Å². The lowest BCUT2D eigenvalue weighted by molar-refractivity contribution is 0.0588. The van der Waals surface area contributed by atoms with Crippen LogP contribution >= 0.6 is 0 Å². The molecule has 29 heavy (non-hydrogen) atoms. The first-order chi connectivity index (χ1) is 14.2. The monoisotopic (exact) mass is 395 g/mol. The van der Waals surface area contributed by atoms with Crippen molar-refractivity contribution in [3.63, 3.8) is 0 Å². The summed E-state index contributed by atoms with van der Waals surface area (Å²) < 4.78 is 5.76. The van der Waals surface area contributed by atoms with Gasteiger partial charge in [-0.2, -0.15) is 4.98 Å². The Morgan fingerprint density at radius 1 is 1.17 bits per heavy atom. The fourth-order valence-corrected chi connectivity index (χ4v) is 5.31. The normalized spacial score (nSPS) is 30.3. The van der Waals surface area contributed by atoms with Crippen LogP contribution in [0, 0.1) is 5.92 Å². The van der Waals surface area contributed by atoms with Crippen molar-refractivity contribution >= 4 is 5.91 Å². The molecule has 1 saturated carbocycles. The molecule has 1 aromatic carbocycles. The van der Waals surface area contributed by atoms with Crippen LogP contribution in [-0.4, -0.2) is 58.6 Å². The summed E-state index contributed by atoms with van der Waals surface area (Å²) in [7, 11) is 2.09. The summed E-state index contributed by atoms with van der Waals surface area (Å²) in [6.07, 6.45) is 5.59. The first kappa shape index (κ1) is 18.8. The van der Waals surface area contributed by atoms with Crippen molar-refractivity contribution in [2.75, 3.05) is 26.7 Å². The Bertz CT molecular complexity index is 854. The molecule has 4 unspecified atom stereocenters. The lowest BCUT2D eigenvalue weighted by atomic mass is 9.84. The Morgan fingerprint density at radius 3 is 2.83 bits per heavy atom. The van der Waals surface area contributed by atoms with E-state index in [1.807, 2.05) is 30.3 Å². The van der Waals surface area contributed by atoms with E-state index in [9.17, 15) is 4.79 Å². The highest BCUT2D eigenvalue weighted by atomic mass is 16.5. The minimum Gasteiger partial charge on any atom is -0.337 e. The highest BCUT2D eigenvalue weighted by Gasteiger charge is 2.47. The van der Waals surface area contributed by atoms with Crippen molar-refractivity contribution in [2.24, 2.45) is 5.92 Å². The highest BCUT2D eigenvalue weighted by molar-refractivity contribution is 5.94. The molecule has 2 saturated heterocycles. The standard InChI is InChI=1S/C22H29N5O2/c1-26-12-11-23-14-19(26)20-24-21(29-25-20)18-13-16-9-5-6-10-17(16)27(18)22(28)15-7-3-2-4-8-15/h2-4,7-8,16-19,23H,5-6,9-14H2,1H3. The molecule has 2 aliphatic heterocycles. The van der Waals surface area contributed by atoms with E-state index < -0.39 is 0 Å². The van der Waals surface area contributed by atoms with Crippen molar-refractivity contribution in [2.45, 2.75) is 50.2 Å². The molecule has 1 aliphatic carbocycles. The molecular formula is C22H29N5O2. The molecule has 3 heterocycles. The van der Waals surface area contributed by atoms with Gasteiger partial charge < -0.3 is 14.7 Å². The van der Waals surface area contributed by atoms with Crippen LogP contribution in [0.15, 0.2) is 34.9 Å². The predicted molar refractivity (Wildman–Crippen MR) is 108 cm³/mol. The van der Waals surface area contributed by atoms with Gasteiger partial charge in [0.25, 0.3) is 5.91 Å². The van der Waals surface area contributed by atoms with E-state index in [0.717, 1.165) is 43.9 Å². The quantitative estimate of drug-likeness (QED) is 0.861. The number of likely N-dealkylation sites (tertiary alicyclic amines) is 1.